The SMILES string of the molecule is CCc1ccc(-c2c3ccccc3c(-c3ccc4c(c3)C(CC)(CC)c3cc(-c5ccc6c(c5)C(CC)(CC)c5cc(-c7c8ccccc8c(-c8ccc(CC)cc8)c8ccccc78)ccc5-6)ccc3-4)c3ccccc23)cc1. The Morgan fingerprint density at radius 3 is 0.692 bits per heavy atom. The van der Waals surface area contributed by atoms with E-state index in [-0.39, 0.29) is 10.8 Å². The second kappa shape index (κ2) is 18.7. The van der Waals surface area contributed by atoms with E-state index in [0.717, 1.165) is 38.5 Å². The number of rotatable bonds is 11. The Balaban J connectivity index is 0.863. The molecule has 0 heterocycles. The highest BCUT2D eigenvalue weighted by atomic mass is 14.5. The number of hydrogen-bond donors (Lipinski definition) is 0. The van der Waals surface area contributed by atoms with Crippen molar-refractivity contribution in [1.29, 1.82) is 0 Å². The third-order valence-corrected chi connectivity index (χ3v) is 19.2. The Bertz CT molecular complexity index is 3970. The van der Waals surface area contributed by atoms with Gasteiger partial charge < -0.3 is 0 Å². The molecule has 0 atom stereocenters. The average Bonchev–Trinajstić information content (AvgIpc) is 4.08. The van der Waals surface area contributed by atoms with Crippen LogP contribution in [0.5, 0.6) is 0 Å². The van der Waals surface area contributed by atoms with Crippen molar-refractivity contribution in [2.24, 2.45) is 0 Å². The first kappa shape index (κ1) is 48.1. The largest absolute Gasteiger partial charge is 0.0642 e. The fourth-order valence-corrected chi connectivity index (χ4v) is 15.0. The molecule has 0 aromatic heterocycles. The molecule has 2 aliphatic carbocycles. The van der Waals surface area contributed by atoms with Crippen LogP contribution in [0.25, 0.3) is 121 Å². The smallest absolute Gasteiger partial charge is 0.0210 e. The zero-order chi connectivity index (χ0) is 52.9. The van der Waals surface area contributed by atoms with E-state index in [1.54, 1.807) is 0 Å². The van der Waals surface area contributed by atoms with Crippen molar-refractivity contribution in [2.45, 2.75) is 90.9 Å². The molecule has 0 amide bonds. The summed E-state index contributed by atoms with van der Waals surface area (Å²) in [7, 11) is 0. The van der Waals surface area contributed by atoms with E-state index in [9.17, 15) is 0 Å². The third-order valence-electron chi connectivity index (χ3n) is 19.2. The molecule has 0 radical (unpaired) electrons. The van der Waals surface area contributed by atoms with Crippen LogP contribution >= 0.6 is 0 Å². The monoisotopic (exact) mass is 1000 g/mol. The van der Waals surface area contributed by atoms with E-state index in [4.69, 9.17) is 0 Å². The molecule has 0 nitrogen and oxygen atoms in total. The van der Waals surface area contributed by atoms with Crippen molar-refractivity contribution >= 4 is 43.1 Å². The van der Waals surface area contributed by atoms with Crippen LogP contribution in [0.1, 0.15) is 101 Å². The summed E-state index contributed by atoms with van der Waals surface area (Å²) in [5.41, 5.74) is 26.9. The highest BCUT2D eigenvalue weighted by Gasteiger charge is 2.43. The number of fused-ring (bicyclic) bond motifs is 10. The molecular formula is C78H66. The van der Waals surface area contributed by atoms with E-state index in [2.05, 4.69) is 260 Å². The maximum atomic E-state index is 2.58. The maximum absolute atomic E-state index is 2.58. The molecule has 12 aromatic carbocycles. The maximum Gasteiger partial charge on any atom is 0.0210 e. The van der Waals surface area contributed by atoms with E-state index >= 15 is 0 Å². The Kier molecular flexibility index (Phi) is 11.5. The second-order valence-corrected chi connectivity index (χ2v) is 22.4. The fourth-order valence-electron chi connectivity index (χ4n) is 15.0. The second-order valence-electron chi connectivity index (χ2n) is 22.4. The van der Waals surface area contributed by atoms with Crippen LogP contribution in [-0.2, 0) is 23.7 Å². The molecule has 0 unspecified atom stereocenters. The summed E-state index contributed by atoms with van der Waals surface area (Å²) in [6, 6.07) is 84.6. The Morgan fingerprint density at radius 1 is 0.231 bits per heavy atom. The molecule has 14 rings (SSSR count). The van der Waals surface area contributed by atoms with Gasteiger partial charge in [-0.15, -0.1) is 0 Å². The normalized spacial score (nSPS) is 13.8. The number of hydrogen-bond acceptors (Lipinski definition) is 0. The van der Waals surface area contributed by atoms with Gasteiger partial charge in [0.1, 0.15) is 0 Å². The van der Waals surface area contributed by atoms with E-state index in [1.165, 1.54) is 154 Å². The lowest BCUT2D eigenvalue weighted by Gasteiger charge is -2.31. The van der Waals surface area contributed by atoms with E-state index < -0.39 is 0 Å². The summed E-state index contributed by atoms with van der Waals surface area (Å²) < 4.78 is 0. The van der Waals surface area contributed by atoms with Crippen molar-refractivity contribution in [1.82, 2.24) is 0 Å². The number of benzene rings is 12. The lowest BCUT2D eigenvalue weighted by Crippen LogP contribution is -2.23. The summed E-state index contributed by atoms with van der Waals surface area (Å²) in [6.07, 6.45) is 6.18. The lowest BCUT2D eigenvalue weighted by molar-refractivity contribution is 0.490. The van der Waals surface area contributed by atoms with Crippen LogP contribution in [0.3, 0.4) is 0 Å². The van der Waals surface area contributed by atoms with Crippen molar-refractivity contribution in [3.8, 4) is 77.9 Å². The molecule has 0 spiro atoms. The molecule has 0 saturated heterocycles. The Morgan fingerprint density at radius 2 is 0.449 bits per heavy atom. The van der Waals surface area contributed by atoms with Gasteiger partial charge in [-0.05, 0) is 217 Å². The summed E-state index contributed by atoms with van der Waals surface area (Å²) in [5.74, 6) is 0. The van der Waals surface area contributed by atoms with Crippen LogP contribution in [0, 0.1) is 0 Å². The summed E-state index contributed by atoms with van der Waals surface area (Å²) in [4.78, 5) is 0. The fraction of sp³-hybridized carbons (Fsp3) is 0.179. The Labute approximate surface area is 461 Å². The zero-order valence-electron chi connectivity index (χ0n) is 46.0. The van der Waals surface area contributed by atoms with Gasteiger partial charge >= 0.3 is 0 Å². The molecule has 0 heteroatoms. The van der Waals surface area contributed by atoms with Crippen LogP contribution < -0.4 is 0 Å². The quantitative estimate of drug-likeness (QED) is 0.113. The summed E-state index contributed by atoms with van der Waals surface area (Å²) >= 11 is 0. The van der Waals surface area contributed by atoms with Gasteiger partial charge in [0.25, 0.3) is 0 Å². The van der Waals surface area contributed by atoms with Gasteiger partial charge in [-0.3, -0.25) is 0 Å². The minimum absolute atomic E-state index is 0.116. The first-order chi connectivity index (χ1) is 38.4. The van der Waals surface area contributed by atoms with Crippen LogP contribution in [-0.4, -0.2) is 0 Å². The molecule has 0 bridgehead atoms. The minimum atomic E-state index is -0.116. The van der Waals surface area contributed by atoms with Gasteiger partial charge in [-0.25, -0.2) is 0 Å². The van der Waals surface area contributed by atoms with Crippen LogP contribution in [0.15, 0.2) is 218 Å². The standard InChI is InChI=1S/C78H66/c1-7-49-29-33-51(34-30-49)73-61-21-13-17-25-65(61)75(66-26-18-14-22-62(66)73)55-39-43-59-57-41-37-53(45-69(57)77(9-3,10-4)71(59)47-55)54-38-42-58-60-44-40-56(48-72(60)78(11-5,12-6)70(58)46-54)76-67-27-19-15-23-63(67)74(64-24-16-20-28-68(64)76)52-35-31-50(8-2)32-36-52/h13-48H,7-12H2,1-6H3. The van der Waals surface area contributed by atoms with Crippen LogP contribution in [0.2, 0.25) is 0 Å². The van der Waals surface area contributed by atoms with Crippen LogP contribution in [0.4, 0.5) is 0 Å². The van der Waals surface area contributed by atoms with Crippen molar-refractivity contribution in [3.63, 3.8) is 0 Å². The average molecular weight is 1000 g/mol. The molecule has 0 aliphatic heterocycles. The molecule has 0 fully saturated rings. The van der Waals surface area contributed by atoms with E-state index in [0.29, 0.717) is 0 Å². The zero-order valence-corrected chi connectivity index (χ0v) is 46.0. The van der Waals surface area contributed by atoms with Gasteiger partial charge in [0.2, 0.25) is 0 Å². The molecule has 12 aromatic rings. The molecule has 0 saturated carbocycles. The van der Waals surface area contributed by atoms with Crippen molar-refractivity contribution in [2.75, 3.05) is 0 Å². The predicted octanol–water partition coefficient (Wildman–Crippen LogP) is 21.9. The van der Waals surface area contributed by atoms with Gasteiger partial charge in [-0.1, -0.05) is 236 Å². The molecular weight excluding hydrogens is 937 g/mol. The summed E-state index contributed by atoms with van der Waals surface area (Å²) in [5, 5.41) is 10.4. The third kappa shape index (κ3) is 6.98. The minimum Gasteiger partial charge on any atom is -0.0642 e. The van der Waals surface area contributed by atoms with Crippen molar-refractivity contribution in [3.05, 3.63) is 252 Å². The molecule has 378 valence electrons. The highest BCUT2D eigenvalue weighted by Crippen LogP contribution is 2.58. The van der Waals surface area contributed by atoms with E-state index in [1.807, 2.05) is 0 Å². The molecule has 78 heavy (non-hydrogen) atoms. The lowest BCUT2D eigenvalue weighted by atomic mass is 9.72. The topological polar surface area (TPSA) is 0 Å². The van der Waals surface area contributed by atoms with Crippen molar-refractivity contribution < 1.29 is 0 Å². The Hall–Kier alpha value is -8.32. The van der Waals surface area contributed by atoms with Gasteiger partial charge in [0, 0.05) is 10.8 Å². The first-order valence-corrected chi connectivity index (χ1v) is 29.0. The first-order valence-electron chi connectivity index (χ1n) is 29.0. The molecule has 0 N–H and O–H groups in total. The molecule has 2 aliphatic rings. The van der Waals surface area contributed by atoms with Gasteiger partial charge in [0.05, 0.1) is 0 Å². The highest BCUT2D eigenvalue weighted by molar-refractivity contribution is 6.23. The summed E-state index contributed by atoms with van der Waals surface area (Å²) in [6.45, 7) is 14.1. The predicted molar refractivity (Wildman–Crippen MR) is 336 cm³/mol. The number of aryl methyl sites for hydroxylation is 2. The van der Waals surface area contributed by atoms with Gasteiger partial charge in [0.15, 0.2) is 0 Å². The van der Waals surface area contributed by atoms with Gasteiger partial charge in [-0.2, -0.15) is 0 Å².